The van der Waals surface area contributed by atoms with Crippen molar-refractivity contribution in [2.45, 2.75) is 26.1 Å². The van der Waals surface area contributed by atoms with Crippen LogP contribution in [-0.4, -0.2) is 56.9 Å². The van der Waals surface area contributed by atoms with Crippen molar-refractivity contribution in [1.82, 2.24) is 4.98 Å². The number of carbonyl (C=O) groups is 1. The molecule has 1 aromatic rings. The van der Waals surface area contributed by atoms with Gasteiger partial charge in [0.05, 0.1) is 32.5 Å². The largest absolute Gasteiger partial charge is 0.515 e. The van der Waals surface area contributed by atoms with E-state index in [1.165, 1.54) is 6.20 Å². The highest BCUT2D eigenvalue weighted by atomic mass is 16.7. The van der Waals surface area contributed by atoms with Gasteiger partial charge in [-0.15, -0.1) is 0 Å². The maximum absolute atomic E-state index is 11.5. The molecule has 2 atom stereocenters. The fourth-order valence-electron chi connectivity index (χ4n) is 1.45. The zero-order valence-corrected chi connectivity index (χ0v) is 13.2. The van der Waals surface area contributed by atoms with Gasteiger partial charge in [-0.05, 0) is 19.9 Å². The molecule has 0 spiro atoms. The van der Waals surface area contributed by atoms with Crippen LogP contribution in [0.4, 0.5) is 4.79 Å². The van der Waals surface area contributed by atoms with Gasteiger partial charge in [-0.3, -0.25) is 0 Å². The average molecular weight is 313 g/mol. The number of aromatic nitrogens is 1. The summed E-state index contributed by atoms with van der Waals surface area (Å²) in [7, 11) is 1.62. The third-order valence-corrected chi connectivity index (χ3v) is 2.52. The van der Waals surface area contributed by atoms with Gasteiger partial charge < -0.3 is 23.7 Å². The summed E-state index contributed by atoms with van der Waals surface area (Å²) in [5.41, 5.74) is 0. The third kappa shape index (κ3) is 8.56. The van der Waals surface area contributed by atoms with Crippen LogP contribution in [-0.2, 0) is 18.9 Å². The van der Waals surface area contributed by atoms with E-state index in [1.807, 2.05) is 6.92 Å². The number of nitrogens with zero attached hydrogens (tertiary/aromatic N) is 1. The second-order valence-corrected chi connectivity index (χ2v) is 4.66. The zero-order chi connectivity index (χ0) is 16.2. The smallest absolute Gasteiger partial charge is 0.428 e. The minimum atomic E-state index is -0.807. The molecule has 22 heavy (non-hydrogen) atoms. The molecule has 7 heteroatoms. The molecule has 0 saturated heterocycles. The van der Waals surface area contributed by atoms with E-state index in [-0.39, 0.29) is 18.6 Å². The lowest BCUT2D eigenvalue weighted by Crippen LogP contribution is -2.27. The summed E-state index contributed by atoms with van der Waals surface area (Å²) in [6.07, 6.45) is 0.187. The van der Waals surface area contributed by atoms with Crippen molar-refractivity contribution >= 4 is 6.16 Å². The lowest BCUT2D eigenvalue weighted by Gasteiger charge is -2.17. The van der Waals surface area contributed by atoms with E-state index in [9.17, 15) is 4.79 Å². The first-order valence-electron chi connectivity index (χ1n) is 7.09. The molecule has 0 aliphatic heterocycles. The number of pyridine rings is 1. The molecule has 0 radical (unpaired) electrons. The van der Waals surface area contributed by atoms with E-state index < -0.39 is 12.3 Å². The maximum atomic E-state index is 11.5. The van der Waals surface area contributed by atoms with Crippen LogP contribution in [0.3, 0.4) is 0 Å². The van der Waals surface area contributed by atoms with Crippen molar-refractivity contribution in [3.05, 3.63) is 24.4 Å². The zero-order valence-electron chi connectivity index (χ0n) is 13.2. The Morgan fingerprint density at radius 2 is 2.00 bits per heavy atom. The molecule has 2 unspecified atom stereocenters. The Bertz CT molecular complexity index is 414. The normalized spacial score (nSPS) is 13.4. The monoisotopic (exact) mass is 313 g/mol. The van der Waals surface area contributed by atoms with Crippen LogP contribution in [0.2, 0.25) is 0 Å². The minimum absolute atomic E-state index is 0.102. The Hall–Kier alpha value is -1.70. The van der Waals surface area contributed by atoms with Gasteiger partial charge in [0, 0.05) is 19.4 Å². The van der Waals surface area contributed by atoms with E-state index >= 15 is 0 Å². The van der Waals surface area contributed by atoms with E-state index in [0.717, 1.165) is 0 Å². The highest BCUT2D eigenvalue weighted by Gasteiger charge is 2.14. The molecule has 7 nitrogen and oxygen atoms in total. The standard InChI is InChI=1S/C15H23NO6/c1-12(10-19-9-8-18-3)20-11-13(2)21-15(17)22-14-6-4-5-7-16-14/h4-7,12-13H,8-11H2,1-3H3. The second kappa shape index (κ2) is 10.9. The van der Waals surface area contributed by atoms with E-state index in [0.29, 0.717) is 19.8 Å². The molecular formula is C15H23NO6. The number of carbonyl (C=O) groups excluding carboxylic acids is 1. The lowest BCUT2D eigenvalue weighted by atomic mass is 10.4. The van der Waals surface area contributed by atoms with Crippen molar-refractivity contribution in [3.8, 4) is 5.88 Å². The fourth-order valence-corrected chi connectivity index (χ4v) is 1.45. The number of hydrogen-bond donors (Lipinski definition) is 0. The van der Waals surface area contributed by atoms with Crippen LogP contribution in [0.5, 0.6) is 5.88 Å². The molecule has 1 rings (SSSR count). The molecule has 1 aromatic heterocycles. The average Bonchev–Trinajstić information content (AvgIpc) is 2.50. The highest BCUT2D eigenvalue weighted by molar-refractivity contribution is 5.63. The van der Waals surface area contributed by atoms with E-state index in [1.54, 1.807) is 32.2 Å². The summed E-state index contributed by atoms with van der Waals surface area (Å²) in [5.74, 6) is 0.195. The molecule has 0 aliphatic carbocycles. The Balaban J connectivity index is 2.14. The molecule has 0 saturated carbocycles. The van der Waals surface area contributed by atoms with Gasteiger partial charge in [0.15, 0.2) is 0 Å². The lowest BCUT2D eigenvalue weighted by molar-refractivity contribution is -0.0507. The number of methoxy groups -OCH3 is 1. The summed E-state index contributed by atoms with van der Waals surface area (Å²) in [6.45, 7) is 5.38. The van der Waals surface area contributed by atoms with Gasteiger partial charge in [0.1, 0.15) is 6.10 Å². The summed E-state index contributed by atoms with van der Waals surface area (Å²) in [5, 5.41) is 0. The highest BCUT2D eigenvalue weighted by Crippen LogP contribution is 2.06. The topological polar surface area (TPSA) is 76.1 Å². The van der Waals surface area contributed by atoms with E-state index in [4.69, 9.17) is 23.7 Å². The van der Waals surface area contributed by atoms with Gasteiger partial charge in [0.2, 0.25) is 5.88 Å². The summed E-state index contributed by atoms with van der Waals surface area (Å²) in [4.78, 5) is 15.4. The first-order chi connectivity index (χ1) is 10.6. The number of hydrogen-bond acceptors (Lipinski definition) is 7. The predicted octanol–water partition coefficient (Wildman–Crippen LogP) is 2.05. The predicted molar refractivity (Wildman–Crippen MR) is 78.9 cm³/mol. The Labute approximate surface area is 130 Å². The number of ether oxygens (including phenoxy) is 5. The minimum Gasteiger partial charge on any atom is -0.428 e. The van der Waals surface area contributed by atoms with Crippen molar-refractivity contribution in [2.75, 3.05) is 33.5 Å². The Morgan fingerprint density at radius 1 is 1.18 bits per heavy atom. The van der Waals surface area contributed by atoms with Crippen LogP contribution in [0.1, 0.15) is 13.8 Å². The van der Waals surface area contributed by atoms with Crippen LogP contribution < -0.4 is 4.74 Å². The summed E-state index contributed by atoms with van der Waals surface area (Å²) >= 11 is 0. The fraction of sp³-hybridized carbons (Fsp3) is 0.600. The van der Waals surface area contributed by atoms with Crippen LogP contribution in [0, 0.1) is 0 Å². The maximum Gasteiger partial charge on any atom is 0.515 e. The first-order valence-corrected chi connectivity index (χ1v) is 7.09. The van der Waals surface area contributed by atoms with Gasteiger partial charge in [-0.1, -0.05) is 6.07 Å². The Kier molecular flexibility index (Phi) is 9.13. The third-order valence-electron chi connectivity index (χ3n) is 2.52. The molecule has 0 N–H and O–H groups in total. The first kappa shape index (κ1) is 18.3. The van der Waals surface area contributed by atoms with Crippen LogP contribution in [0.15, 0.2) is 24.4 Å². The quantitative estimate of drug-likeness (QED) is 0.483. The molecule has 0 fully saturated rings. The molecule has 0 aromatic carbocycles. The number of rotatable bonds is 10. The van der Waals surface area contributed by atoms with Crippen molar-refractivity contribution in [2.24, 2.45) is 0 Å². The molecule has 0 amide bonds. The SMILES string of the molecule is COCCOCC(C)OCC(C)OC(=O)Oc1ccccn1. The Morgan fingerprint density at radius 3 is 2.68 bits per heavy atom. The molecule has 124 valence electrons. The van der Waals surface area contributed by atoms with Gasteiger partial charge in [0.25, 0.3) is 0 Å². The molecular weight excluding hydrogens is 290 g/mol. The second-order valence-electron chi connectivity index (χ2n) is 4.66. The summed E-state index contributed by atoms with van der Waals surface area (Å²) in [6, 6.07) is 5.01. The van der Waals surface area contributed by atoms with Crippen LogP contribution >= 0.6 is 0 Å². The summed E-state index contributed by atoms with van der Waals surface area (Å²) < 4.78 is 25.7. The van der Waals surface area contributed by atoms with Gasteiger partial charge in [-0.2, -0.15) is 0 Å². The molecule has 1 heterocycles. The van der Waals surface area contributed by atoms with Gasteiger partial charge >= 0.3 is 6.16 Å². The van der Waals surface area contributed by atoms with Crippen LogP contribution in [0.25, 0.3) is 0 Å². The van der Waals surface area contributed by atoms with E-state index in [2.05, 4.69) is 4.98 Å². The van der Waals surface area contributed by atoms with Gasteiger partial charge in [-0.25, -0.2) is 9.78 Å². The van der Waals surface area contributed by atoms with Crippen molar-refractivity contribution in [3.63, 3.8) is 0 Å². The molecule has 0 aliphatic rings. The van der Waals surface area contributed by atoms with Crippen molar-refractivity contribution in [1.29, 1.82) is 0 Å². The molecule has 0 bridgehead atoms. The van der Waals surface area contributed by atoms with Crippen molar-refractivity contribution < 1.29 is 28.5 Å².